The minimum Gasteiger partial charge on any atom is -0.477 e. The van der Waals surface area contributed by atoms with Gasteiger partial charge in [-0.3, -0.25) is 9.52 Å². The van der Waals surface area contributed by atoms with Gasteiger partial charge in [0.05, 0.1) is 17.2 Å². The third-order valence-corrected chi connectivity index (χ3v) is 10.3. The Kier molecular flexibility index (Phi) is 10.6. The number of nitrogens with zero attached hydrogens (tertiary/aromatic N) is 3. The smallest absolute Gasteiger partial charge is 0.248 e. The molecule has 9 heteroatoms. The molecule has 5 rings (SSSR count). The van der Waals surface area contributed by atoms with E-state index < -0.39 is 17.6 Å². The van der Waals surface area contributed by atoms with Crippen LogP contribution >= 0.6 is 0 Å². The number of aromatic nitrogens is 2. The number of benzene rings is 2. The highest BCUT2D eigenvalue weighted by atomic mass is 32.2. The number of carbonyl (C=O) groups excluding carboxylic acids is 1. The van der Waals surface area contributed by atoms with Crippen molar-refractivity contribution in [3.8, 4) is 17.1 Å². The average Bonchev–Trinajstić information content (AvgIpc) is 3.25. The molecule has 1 fully saturated rings. The predicted octanol–water partition coefficient (Wildman–Crippen LogP) is 6.51. The van der Waals surface area contributed by atoms with Gasteiger partial charge in [0.1, 0.15) is 6.61 Å². The second kappa shape index (κ2) is 14.4. The summed E-state index contributed by atoms with van der Waals surface area (Å²) in [5, 5.41) is 9.69. The van der Waals surface area contributed by atoms with Gasteiger partial charge < -0.3 is 14.7 Å². The minimum atomic E-state index is -1.56. The number of amides is 1. The van der Waals surface area contributed by atoms with Gasteiger partial charge in [-0.05, 0) is 97.9 Å². The molecule has 1 aromatic heterocycles. The molecule has 3 aromatic rings. The van der Waals surface area contributed by atoms with E-state index in [-0.39, 0.29) is 35.0 Å². The predicted molar refractivity (Wildman–Crippen MR) is 179 cm³/mol. The first-order valence-electron chi connectivity index (χ1n) is 16.2. The molecule has 0 spiro atoms. The standard InChI is InChI=1S/C36H48N4O4S/c1-24-10-8-11-25(2)34(24)31-19-32-38-35(37-31)39-45(43)29-14-9-12-26(18-29)15-16-30(28(23-44-32)20-36(3,4)5)27-13-6-7-17-40(21-27)33(42)22-41/h8-12,14,18-19,27-28,30,41H,6-7,13,15-17,20-23H2,1-5H3,(H,37,38,39)/t27-,28-,30?,45?/m1/s1. The number of hydrogen-bond acceptors (Lipinski definition) is 6. The largest absolute Gasteiger partial charge is 0.477 e. The SMILES string of the molecule is Cc1cccc(C)c1-c1cc2nc(n1)NS(=O)c1cccc(c1)CCC([C@@H]1CCCCN(C(=O)CO)C1)[C@H](CC(C)(C)C)CO2. The van der Waals surface area contributed by atoms with Gasteiger partial charge in [-0.2, -0.15) is 4.98 Å². The maximum atomic E-state index is 13.5. The normalized spacial score (nSPS) is 22.8. The van der Waals surface area contributed by atoms with Gasteiger partial charge >= 0.3 is 0 Å². The minimum absolute atomic E-state index is 0.0572. The van der Waals surface area contributed by atoms with E-state index in [0.717, 1.165) is 66.5 Å². The number of aliphatic hydroxyl groups excluding tert-OH is 1. The van der Waals surface area contributed by atoms with E-state index in [1.807, 2.05) is 35.2 Å². The topological polar surface area (TPSA) is 105 Å². The van der Waals surface area contributed by atoms with Crippen LogP contribution in [0.5, 0.6) is 5.88 Å². The molecule has 45 heavy (non-hydrogen) atoms. The van der Waals surface area contributed by atoms with Crippen molar-refractivity contribution in [3.63, 3.8) is 0 Å². The Hall–Kier alpha value is -3.30. The Bertz CT molecular complexity index is 1500. The van der Waals surface area contributed by atoms with Gasteiger partial charge in [0, 0.05) is 24.7 Å². The van der Waals surface area contributed by atoms with E-state index in [9.17, 15) is 14.1 Å². The summed E-state index contributed by atoms with van der Waals surface area (Å²) in [6.45, 7) is 12.3. The van der Waals surface area contributed by atoms with Crippen molar-refractivity contribution in [2.75, 3.05) is 31.0 Å². The van der Waals surface area contributed by atoms with Crippen LogP contribution in [0, 0.1) is 37.0 Å². The van der Waals surface area contributed by atoms with E-state index in [4.69, 9.17) is 14.7 Å². The van der Waals surface area contributed by atoms with Gasteiger partial charge in [0.15, 0.2) is 11.0 Å². The molecule has 4 atom stereocenters. The maximum Gasteiger partial charge on any atom is 0.248 e. The van der Waals surface area contributed by atoms with Crippen LogP contribution in [0.4, 0.5) is 5.95 Å². The number of nitrogens with one attached hydrogen (secondary N) is 1. The molecular weight excluding hydrogens is 584 g/mol. The van der Waals surface area contributed by atoms with Crippen molar-refractivity contribution in [3.05, 3.63) is 65.2 Å². The number of fused-ring (bicyclic) bond motifs is 4. The van der Waals surface area contributed by atoms with E-state index in [0.29, 0.717) is 30.5 Å². The fraction of sp³-hybridized carbons (Fsp3) is 0.528. The molecule has 4 bridgehead atoms. The summed E-state index contributed by atoms with van der Waals surface area (Å²) in [4.78, 5) is 24.7. The van der Waals surface area contributed by atoms with Gasteiger partial charge in [0.25, 0.3) is 0 Å². The fourth-order valence-corrected chi connectivity index (χ4v) is 8.04. The second-order valence-corrected chi connectivity index (χ2v) is 15.2. The molecule has 242 valence electrons. The summed E-state index contributed by atoms with van der Waals surface area (Å²) in [5.41, 5.74) is 5.11. The van der Waals surface area contributed by atoms with Crippen LogP contribution in [0.25, 0.3) is 11.3 Å². The number of aryl methyl sites for hydroxylation is 3. The summed E-state index contributed by atoms with van der Waals surface area (Å²) < 4.78 is 23.2. The number of ether oxygens (including phenoxy) is 1. The average molecular weight is 633 g/mol. The number of anilines is 1. The lowest BCUT2D eigenvalue weighted by Crippen LogP contribution is -2.41. The van der Waals surface area contributed by atoms with Crippen molar-refractivity contribution in [1.29, 1.82) is 0 Å². The van der Waals surface area contributed by atoms with Crippen molar-refractivity contribution < 1.29 is 18.8 Å². The van der Waals surface area contributed by atoms with Crippen LogP contribution in [0.1, 0.15) is 69.6 Å². The highest BCUT2D eigenvalue weighted by molar-refractivity contribution is 7.86. The Labute approximate surface area is 270 Å². The van der Waals surface area contributed by atoms with Crippen LogP contribution in [0.2, 0.25) is 0 Å². The molecule has 0 radical (unpaired) electrons. The number of carbonyl (C=O) groups is 1. The Morgan fingerprint density at radius 1 is 1.07 bits per heavy atom. The molecule has 1 amide bonds. The zero-order valence-electron chi connectivity index (χ0n) is 27.3. The van der Waals surface area contributed by atoms with Crippen molar-refractivity contribution in [1.82, 2.24) is 14.9 Å². The monoisotopic (exact) mass is 632 g/mol. The molecular formula is C36H48N4O4S. The highest BCUT2D eigenvalue weighted by Crippen LogP contribution is 2.39. The first kappa shape index (κ1) is 33.1. The Morgan fingerprint density at radius 3 is 2.56 bits per heavy atom. The summed E-state index contributed by atoms with van der Waals surface area (Å²) in [6, 6.07) is 16.0. The third kappa shape index (κ3) is 8.50. The number of rotatable bonds is 4. The Balaban J connectivity index is 1.59. The van der Waals surface area contributed by atoms with Crippen LogP contribution in [0.3, 0.4) is 0 Å². The van der Waals surface area contributed by atoms with Crippen LogP contribution in [0.15, 0.2) is 53.4 Å². The quantitative estimate of drug-likeness (QED) is 0.340. The van der Waals surface area contributed by atoms with Gasteiger partial charge in [-0.25, -0.2) is 9.19 Å². The second-order valence-electron chi connectivity index (χ2n) is 14.0. The van der Waals surface area contributed by atoms with Gasteiger partial charge in [-0.1, -0.05) is 57.5 Å². The fourth-order valence-electron chi connectivity index (χ4n) is 7.20. The van der Waals surface area contributed by atoms with E-state index in [1.165, 1.54) is 0 Å². The first-order chi connectivity index (χ1) is 21.5. The molecule has 2 aromatic carbocycles. The lowest BCUT2D eigenvalue weighted by atomic mass is 9.70. The zero-order valence-corrected chi connectivity index (χ0v) is 28.2. The third-order valence-electron chi connectivity index (χ3n) is 9.23. The van der Waals surface area contributed by atoms with Crippen molar-refractivity contribution >= 4 is 22.8 Å². The van der Waals surface area contributed by atoms with Crippen LogP contribution < -0.4 is 9.46 Å². The molecule has 0 saturated carbocycles. The number of hydrogen-bond donors (Lipinski definition) is 2. The van der Waals surface area contributed by atoms with Gasteiger partial charge in [0.2, 0.25) is 17.7 Å². The zero-order chi connectivity index (χ0) is 32.1. The molecule has 3 heterocycles. The molecule has 2 unspecified atom stereocenters. The van der Waals surface area contributed by atoms with Crippen molar-refractivity contribution in [2.45, 2.75) is 78.0 Å². The lowest BCUT2D eigenvalue weighted by molar-refractivity contribution is -0.135. The highest BCUT2D eigenvalue weighted by Gasteiger charge is 2.35. The summed E-state index contributed by atoms with van der Waals surface area (Å²) in [6.07, 6.45) is 5.73. The summed E-state index contributed by atoms with van der Waals surface area (Å²) >= 11 is 0. The molecule has 1 saturated heterocycles. The number of aliphatic hydroxyl groups is 1. The molecule has 2 N–H and O–H groups in total. The van der Waals surface area contributed by atoms with E-state index >= 15 is 0 Å². The Morgan fingerprint density at radius 2 is 1.82 bits per heavy atom. The summed E-state index contributed by atoms with van der Waals surface area (Å²) in [7, 11) is -1.56. The molecule has 8 nitrogen and oxygen atoms in total. The number of likely N-dealkylation sites (tertiary alicyclic amines) is 1. The summed E-state index contributed by atoms with van der Waals surface area (Å²) in [5.74, 6) is 1.26. The molecule has 2 aliphatic rings. The molecule has 2 aliphatic heterocycles. The van der Waals surface area contributed by atoms with Gasteiger partial charge in [-0.15, -0.1) is 0 Å². The van der Waals surface area contributed by atoms with Crippen LogP contribution in [-0.4, -0.2) is 56.4 Å². The maximum absolute atomic E-state index is 13.5. The van der Waals surface area contributed by atoms with Crippen LogP contribution in [-0.2, 0) is 22.2 Å². The molecule has 0 aliphatic carbocycles. The van der Waals surface area contributed by atoms with E-state index in [1.54, 1.807) is 0 Å². The lowest BCUT2D eigenvalue weighted by Gasteiger charge is -2.38. The van der Waals surface area contributed by atoms with Crippen molar-refractivity contribution in [2.24, 2.45) is 23.2 Å². The first-order valence-corrected chi connectivity index (χ1v) is 17.4. The van der Waals surface area contributed by atoms with E-state index in [2.05, 4.69) is 57.5 Å².